The average Bonchev–Trinajstić information content (AvgIpc) is 3.21. The van der Waals surface area contributed by atoms with E-state index in [1.807, 2.05) is 29.2 Å². The Hall–Kier alpha value is -2.37. The normalized spacial score (nSPS) is 17.5. The van der Waals surface area contributed by atoms with E-state index in [4.69, 9.17) is 9.26 Å². The SMILES string of the molecule is Cc1nc(C2CCCN2C(=O)c2cccc(OCC(C)C)c2)no1. The number of carbonyl (C=O) groups is 1. The van der Waals surface area contributed by atoms with E-state index in [1.165, 1.54) is 0 Å². The zero-order valence-corrected chi connectivity index (χ0v) is 14.4. The highest BCUT2D eigenvalue weighted by Crippen LogP contribution is 2.32. The highest BCUT2D eigenvalue weighted by atomic mass is 16.5. The molecule has 6 heteroatoms. The number of hydrogen-bond donors (Lipinski definition) is 0. The second kappa shape index (κ2) is 7.03. The minimum atomic E-state index is -0.116. The van der Waals surface area contributed by atoms with Gasteiger partial charge in [-0.25, -0.2) is 0 Å². The Kier molecular flexibility index (Phi) is 4.83. The van der Waals surface area contributed by atoms with Crippen molar-refractivity contribution in [3.8, 4) is 5.75 Å². The Bertz CT molecular complexity index is 711. The fourth-order valence-corrected chi connectivity index (χ4v) is 2.88. The van der Waals surface area contributed by atoms with E-state index >= 15 is 0 Å². The van der Waals surface area contributed by atoms with E-state index < -0.39 is 0 Å². The first-order chi connectivity index (χ1) is 11.5. The molecule has 0 spiro atoms. The average molecular weight is 329 g/mol. The molecule has 24 heavy (non-hydrogen) atoms. The summed E-state index contributed by atoms with van der Waals surface area (Å²) in [6.45, 7) is 7.28. The van der Waals surface area contributed by atoms with Gasteiger partial charge in [0.15, 0.2) is 5.82 Å². The zero-order chi connectivity index (χ0) is 17.1. The number of aryl methyl sites for hydroxylation is 1. The number of benzene rings is 1. The monoisotopic (exact) mass is 329 g/mol. The van der Waals surface area contributed by atoms with Crippen LogP contribution in [0.1, 0.15) is 54.8 Å². The number of nitrogens with zero attached hydrogens (tertiary/aromatic N) is 3. The second-order valence-electron chi connectivity index (χ2n) is 6.56. The molecule has 2 aromatic rings. The van der Waals surface area contributed by atoms with E-state index in [0.29, 0.717) is 36.3 Å². The molecule has 1 saturated heterocycles. The molecule has 2 heterocycles. The first kappa shape index (κ1) is 16.5. The van der Waals surface area contributed by atoms with Gasteiger partial charge in [0.05, 0.1) is 12.6 Å². The van der Waals surface area contributed by atoms with Crippen molar-refractivity contribution in [3.63, 3.8) is 0 Å². The molecule has 0 radical (unpaired) electrons. The number of ether oxygens (including phenoxy) is 1. The van der Waals surface area contributed by atoms with Crippen molar-refractivity contribution in [3.05, 3.63) is 41.5 Å². The van der Waals surface area contributed by atoms with Crippen molar-refractivity contribution in [2.75, 3.05) is 13.2 Å². The number of amides is 1. The maximum atomic E-state index is 12.9. The van der Waals surface area contributed by atoms with Crippen LogP contribution in [-0.2, 0) is 0 Å². The molecule has 0 saturated carbocycles. The maximum absolute atomic E-state index is 12.9. The maximum Gasteiger partial charge on any atom is 0.254 e. The quantitative estimate of drug-likeness (QED) is 0.841. The third-order valence-corrected chi connectivity index (χ3v) is 4.02. The Labute approximate surface area is 141 Å². The molecule has 0 N–H and O–H groups in total. The molecule has 1 unspecified atom stereocenters. The van der Waals surface area contributed by atoms with Gasteiger partial charge in [0.1, 0.15) is 5.75 Å². The van der Waals surface area contributed by atoms with Crippen molar-refractivity contribution in [2.24, 2.45) is 5.92 Å². The van der Waals surface area contributed by atoms with Gasteiger partial charge in [-0.3, -0.25) is 4.79 Å². The topological polar surface area (TPSA) is 68.5 Å². The highest BCUT2D eigenvalue weighted by molar-refractivity contribution is 5.95. The van der Waals surface area contributed by atoms with Gasteiger partial charge in [-0.1, -0.05) is 25.1 Å². The molecule has 1 aliphatic heterocycles. The third kappa shape index (κ3) is 3.58. The summed E-state index contributed by atoms with van der Waals surface area (Å²) in [6, 6.07) is 7.24. The van der Waals surface area contributed by atoms with Crippen LogP contribution in [0.25, 0.3) is 0 Å². The first-order valence-electron chi connectivity index (χ1n) is 8.38. The van der Waals surface area contributed by atoms with Gasteiger partial charge < -0.3 is 14.2 Å². The smallest absolute Gasteiger partial charge is 0.254 e. The lowest BCUT2D eigenvalue weighted by atomic mass is 10.1. The highest BCUT2D eigenvalue weighted by Gasteiger charge is 2.33. The first-order valence-corrected chi connectivity index (χ1v) is 8.38. The zero-order valence-electron chi connectivity index (χ0n) is 14.4. The van der Waals surface area contributed by atoms with Gasteiger partial charge in [-0.2, -0.15) is 4.98 Å². The summed E-state index contributed by atoms with van der Waals surface area (Å²) in [5, 5.41) is 3.99. The van der Waals surface area contributed by atoms with Crippen LogP contribution in [0.15, 0.2) is 28.8 Å². The van der Waals surface area contributed by atoms with Crippen LogP contribution >= 0.6 is 0 Å². The molecule has 0 bridgehead atoms. The predicted octanol–water partition coefficient (Wildman–Crippen LogP) is 3.39. The van der Waals surface area contributed by atoms with E-state index in [1.54, 1.807) is 6.92 Å². The number of hydrogen-bond acceptors (Lipinski definition) is 5. The molecule has 6 nitrogen and oxygen atoms in total. The van der Waals surface area contributed by atoms with Crippen LogP contribution in [0.2, 0.25) is 0 Å². The van der Waals surface area contributed by atoms with Gasteiger partial charge in [0, 0.05) is 19.0 Å². The van der Waals surface area contributed by atoms with Gasteiger partial charge in [0.25, 0.3) is 5.91 Å². The van der Waals surface area contributed by atoms with Gasteiger partial charge in [0.2, 0.25) is 5.89 Å². The van der Waals surface area contributed by atoms with E-state index in [-0.39, 0.29) is 11.9 Å². The van der Waals surface area contributed by atoms with Crippen molar-refractivity contribution in [1.82, 2.24) is 15.0 Å². The summed E-state index contributed by atoms with van der Waals surface area (Å²) in [5.41, 5.74) is 0.628. The van der Waals surface area contributed by atoms with E-state index in [2.05, 4.69) is 24.0 Å². The molecule has 1 amide bonds. The predicted molar refractivity (Wildman–Crippen MR) is 88.8 cm³/mol. The second-order valence-corrected chi connectivity index (χ2v) is 6.56. The van der Waals surface area contributed by atoms with Crippen molar-refractivity contribution in [2.45, 2.75) is 39.7 Å². The van der Waals surface area contributed by atoms with Gasteiger partial charge in [-0.05, 0) is 37.0 Å². The van der Waals surface area contributed by atoms with Gasteiger partial charge in [-0.15, -0.1) is 0 Å². The molecule has 1 aromatic heterocycles. The summed E-state index contributed by atoms with van der Waals surface area (Å²) in [6.07, 6.45) is 1.79. The minimum Gasteiger partial charge on any atom is -0.493 e. The lowest BCUT2D eigenvalue weighted by molar-refractivity contribution is 0.0728. The summed E-state index contributed by atoms with van der Waals surface area (Å²) in [5.74, 6) is 2.25. The lowest BCUT2D eigenvalue weighted by Crippen LogP contribution is -2.31. The number of carbonyl (C=O) groups excluding carboxylic acids is 1. The molecule has 1 fully saturated rings. The van der Waals surface area contributed by atoms with Gasteiger partial charge >= 0.3 is 0 Å². The fraction of sp³-hybridized carbons (Fsp3) is 0.500. The van der Waals surface area contributed by atoms with Crippen LogP contribution in [0.4, 0.5) is 0 Å². The summed E-state index contributed by atoms with van der Waals surface area (Å²) < 4.78 is 10.8. The third-order valence-electron chi connectivity index (χ3n) is 4.02. The Morgan fingerprint density at radius 2 is 2.29 bits per heavy atom. The van der Waals surface area contributed by atoms with E-state index in [9.17, 15) is 4.79 Å². The fourth-order valence-electron chi connectivity index (χ4n) is 2.88. The van der Waals surface area contributed by atoms with Crippen LogP contribution in [0, 0.1) is 12.8 Å². The summed E-state index contributed by atoms with van der Waals surface area (Å²) in [4.78, 5) is 19.0. The largest absolute Gasteiger partial charge is 0.493 e. The standard InChI is InChI=1S/C18H23N3O3/c1-12(2)11-23-15-7-4-6-14(10-15)18(22)21-9-5-8-16(21)17-19-13(3)24-20-17/h4,6-7,10,12,16H,5,8-9,11H2,1-3H3. The Morgan fingerprint density at radius 1 is 1.46 bits per heavy atom. The molecule has 128 valence electrons. The van der Waals surface area contributed by atoms with Crippen LogP contribution in [-0.4, -0.2) is 34.1 Å². The molecular formula is C18H23N3O3. The van der Waals surface area contributed by atoms with Crippen molar-refractivity contribution in [1.29, 1.82) is 0 Å². The molecule has 1 aromatic carbocycles. The molecule has 3 rings (SSSR count). The Morgan fingerprint density at radius 3 is 3.00 bits per heavy atom. The Balaban J connectivity index is 1.76. The molecule has 0 aliphatic carbocycles. The number of aromatic nitrogens is 2. The molecule has 1 atom stereocenters. The van der Waals surface area contributed by atoms with Crippen LogP contribution < -0.4 is 4.74 Å². The van der Waals surface area contributed by atoms with Crippen molar-refractivity contribution >= 4 is 5.91 Å². The lowest BCUT2D eigenvalue weighted by Gasteiger charge is -2.22. The number of likely N-dealkylation sites (tertiary alicyclic amines) is 1. The molecular weight excluding hydrogens is 306 g/mol. The minimum absolute atomic E-state index is 0.0186. The number of rotatable bonds is 5. The summed E-state index contributed by atoms with van der Waals surface area (Å²) >= 11 is 0. The van der Waals surface area contributed by atoms with Crippen molar-refractivity contribution < 1.29 is 14.1 Å². The van der Waals surface area contributed by atoms with Crippen LogP contribution in [0.5, 0.6) is 5.75 Å². The summed E-state index contributed by atoms with van der Waals surface area (Å²) in [7, 11) is 0. The molecule has 1 aliphatic rings. The van der Waals surface area contributed by atoms with Crippen LogP contribution in [0.3, 0.4) is 0 Å². The van der Waals surface area contributed by atoms with E-state index in [0.717, 1.165) is 18.6 Å².